The van der Waals surface area contributed by atoms with E-state index in [1.165, 1.54) is 12.1 Å². The van der Waals surface area contributed by atoms with Gasteiger partial charge < -0.3 is 14.6 Å². The van der Waals surface area contributed by atoms with E-state index in [1.807, 2.05) is 17.7 Å². The second-order valence-corrected chi connectivity index (χ2v) is 4.58. The average Bonchev–Trinajstić information content (AvgIpc) is 2.90. The number of halogens is 2. The van der Waals surface area contributed by atoms with Gasteiger partial charge in [0.15, 0.2) is 0 Å². The zero-order valence-electron chi connectivity index (χ0n) is 12.0. The predicted octanol–water partition coefficient (Wildman–Crippen LogP) is 3.20. The van der Waals surface area contributed by atoms with Gasteiger partial charge in [0.2, 0.25) is 5.95 Å². The molecular weight excluding hydrogens is 276 g/mol. The molecule has 1 aromatic heterocycles. The molecular formula is C15H19F2N3O. The fraction of sp³-hybridized carbons (Fsp3) is 0.400. The first-order valence-electron chi connectivity index (χ1n) is 6.97. The second-order valence-electron chi connectivity index (χ2n) is 4.58. The molecule has 0 bridgehead atoms. The van der Waals surface area contributed by atoms with Gasteiger partial charge in [0.05, 0.1) is 0 Å². The first-order valence-corrected chi connectivity index (χ1v) is 6.97. The molecule has 0 atom stereocenters. The molecule has 0 saturated carbocycles. The topological polar surface area (TPSA) is 39.1 Å². The fourth-order valence-electron chi connectivity index (χ4n) is 1.98. The summed E-state index contributed by atoms with van der Waals surface area (Å²) in [7, 11) is 0. The number of rotatable bonds is 8. The van der Waals surface area contributed by atoms with Crippen molar-refractivity contribution in [2.45, 2.75) is 26.4 Å². The highest BCUT2D eigenvalue weighted by Crippen LogP contribution is 2.12. The van der Waals surface area contributed by atoms with Crippen LogP contribution in [-0.4, -0.2) is 22.8 Å². The Morgan fingerprint density at radius 2 is 2.19 bits per heavy atom. The van der Waals surface area contributed by atoms with E-state index < -0.39 is 11.6 Å². The molecule has 0 spiro atoms. The molecule has 4 nitrogen and oxygen atoms in total. The molecule has 0 radical (unpaired) electrons. The number of benzene rings is 1. The molecule has 114 valence electrons. The maximum atomic E-state index is 13.5. The molecule has 0 aliphatic heterocycles. The van der Waals surface area contributed by atoms with Gasteiger partial charge in [0, 0.05) is 50.3 Å². The summed E-state index contributed by atoms with van der Waals surface area (Å²) in [6.45, 7) is 4.39. The lowest BCUT2D eigenvalue weighted by molar-refractivity contribution is 0.142. The summed E-state index contributed by atoms with van der Waals surface area (Å²) in [6.07, 6.45) is 4.42. The molecule has 1 heterocycles. The van der Waals surface area contributed by atoms with Crippen LogP contribution in [0.15, 0.2) is 30.6 Å². The number of imidazole rings is 1. The number of nitrogens with zero attached hydrogens (tertiary/aromatic N) is 2. The monoisotopic (exact) mass is 295 g/mol. The summed E-state index contributed by atoms with van der Waals surface area (Å²) in [5, 5.41) is 3.06. The van der Waals surface area contributed by atoms with E-state index in [9.17, 15) is 8.78 Å². The Kier molecular flexibility index (Phi) is 5.68. The zero-order chi connectivity index (χ0) is 15.1. The van der Waals surface area contributed by atoms with Crippen molar-refractivity contribution in [3.8, 4) is 0 Å². The van der Waals surface area contributed by atoms with E-state index >= 15 is 0 Å². The van der Waals surface area contributed by atoms with E-state index in [4.69, 9.17) is 4.74 Å². The van der Waals surface area contributed by atoms with Gasteiger partial charge in [0.25, 0.3) is 0 Å². The number of ether oxygens (including phenoxy) is 1. The summed E-state index contributed by atoms with van der Waals surface area (Å²) in [5.74, 6) is -0.471. The van der Waals surface area contributed by atoms with E-state index in [2.05, 4.69) is 10.3 Å². The number of nitrogens with one attached hydrogen (secondary N) is 1. The van der Waals surface area contributed by atoms with E-state index in [-0.39, 0.29) is 6.54 Å². The molecule has 0 unspecified atom stereocenters. The fourth-order valence-corrected chi connectivity index (χ4v) is 1.98. The second kappa shape index (κ2) is 7.73. The molecule has 0 fully saturated rings. The third-order valence-corrected chi connectivity index (χ3v) is 3.06. The van der Waals surface area contributed by atoms with Crippen molar-refractivity contribution in [1.82, 2.24) is 9.55 Å². The van der Waals surface area contributed by atoms with E-state index in [1.54, 1.807) is 6.20 Å². The molecule has 2 rings (SSSR count). The SMILES string of the molecule is CCOCCCn1ccnc1NCc1ccc(F)cc1F. The van der Waals surface area contributed by atoms with Gasteiger partial charge in [-0.2, -0.15) is 0 Å². The van der Waals surface area contributed by atoms with Gasteiger partial charge in [-0.3, -0.25) is 0 Å². The van der Waals surface area contributed by atoms with Crippen molar-refractivity contribution in [1.29, 1.82) is 0 Å². The molecule has 21 heavy (non-hydrogen) atoms. The third-order valence-electron chi connectivity index (χ3n) is 3.06. The summed E-state index contributed by atoms with van der Waals surface area (Å²) < 4.78 is 33.6. The Hall–Kier alpha value is -1.95. The van der Waals surface area contributed by atoms with Crippen molar-refractivity contribution >= 4 is 5.95 Å². The smallest absolute Gasteiger partial charge is 0.203 e. The maximum Gasteiger partial charge on any atom is 0.203 e. The standard InChI is InChI=1S/C15H19F2N3O/c1-2-21-9-3-7-20-8-6-18-15(20)19-11-12-4-5-13(16)10-14(12)17/h4-6,8,10H,2-3,7,9,11H2,1H3,(H,18,19). The Bertz CT molecular complexity index is 572. The van der Waals surface area contributed by atoms with E-state index in [0.29, 0.717) is 24.7 Å². The predicted molar refractivity (Wildman–Crippen MR) is 77.0 cm³/mol. The van der Waals surface area contributed by atoms with Crippen LogP contribution in [0, 0.1) is 11.6 Å². The van der Waals surface area contributed by atoms with Gasteiger partial charge in [-0.15, -0.1) is 0 Å². The third kappa shape index (κ3) is 4.53. The lowest BCUT2D eigenvalue weighted by atomic mass is 10.2. The summed E-state index contributed by atoms with van der Waals surface area (Å²) in [5.41, 5.74) is 0.403. The summed E-state index contributed by atoms with van der Waals surface area (Å²) in [6, 6.07) is 3.56. The van der Waals surface area contributed by atoms with Crippen molar-refractivity contribution in [2.75, 3.05) is 18.5 Å². The first kappa shape index (κ1) is 15.4. The van der Waals surface area contributed by atoms with Crippen LogP contribution in [0.3, 0.4) is 0 Å². The minimum Gasteiger partial charge on any atom is -0.382 e. The normalized spacial score (nSPS) is 10.8. The highest BCUT2D eigenvalue weighted by molar-refractivity contribution is 5.29. The minimum absolute atomic E-state index is 0.259. The van der Waals surface area contributed by atoms with Crippen LogP contribution in [-0.2, 0) is 17.8 Å². The van der Waals surface area contributed by atoms with Crippen molar-refractivity contribution in [3.05, 3.63) is 47.8 Å². The Balaban J connectivity index is 1.90. The molecule has 0 saturated heterocycles. The van der Waals surface area contributed by atoms with Gasteiger partial charge in [-0.05, 0) is 19.4 Å². The molecule has 0 aliphatic rings. The van der Waals surface area contributed by atoms with Crippen molar-refractivity contribution < 1.29 is 13.5 Å². The number of aryl methyl sites for hydroxylation is 1. The minimum atomic E-state index is -0.575. The van der Waals surface area contributed by atoms with Crippen molar-refractivity contribution in [2.24, 2.45) is 0 Å². The quantitative estimate of drug-likeness (QED) is 0.760. The maximum absolute atomic E-state index is 13.5. The first-order chi connectivity index (χ1) is 10.2. The van der Waals surface area contributed by atoms with Crippen LogP contribution < -0.4 is 5.32 Å². The lowest BCUT2D eigenvalue weighted by Crippen LogP contribution is -2.09. The number of aromatic nitrogens is 2. The van der Waals surface area contributed by atoms with Gasteiger partial charge in [0.1, 0.15) is 11.6 Å². The average molecular weight is 295 g/mol. The van der Waals surface area contributed by atoms with E-state index in [0.717, 1.165) is 19.0 Å². The molecule has 0 aliphatic carbocycles. The molecule has 1 N–H and O–H groups in total. The number of anilines is 1. The summed E-state index contributed by atoms with van der Waals surface area (Å²) >= 11 is 0. The molecule has 0 amide bonds. The summed E-state index contributed by atoms with van der Waals surface area (Å²) in [4.78, 5) is 4.19. The molecule has 6 heteroatoms. The van der Waals surface area contributed by atoms with Gasteiger partial charge >= 0.3 is 0 Å². The van der Waals surface area contributed by atoms with Gasteiger partial charge in [-0.25, -0.2) is 13.8 Å². The number of hydrogen-bond acceptors (Lipinski definition) is 3. The van der Waals surface area contributed by atoms with Crippen LogP contribution in [0.1, 0.15) is 18.9 Å². The van der Waals surface area contributed by atoms with Crippen LogP contribution in [0.5, 0.6) is 0 Å². The van der Waals surface area contributed by atoms with Crippen LogP contribution in [0.25, 0.3) is 0 Å². The molecule has 2 aromatic rings. The Morgan fingerprint density at radius 3 is 2.95 bits per heavy atom. The van der Waals surface area contributed by atoms with Crippen molar-refractivity contribution in [3.63, 3.8) is 0 Å². The zero-order valence-corrected chi connectivity index (χ0v) is 12.0. The highest BCUT2D eigenvalue weighted by Gasteiger charge is 2.06. The largest absolute Gasteiger partial charge is 0.382 e. The Morgan fingerprint density at radius 1 is 1.33 bits per heavy atom. The Labute approximate surface area is 122 Å². The van der Waals surface area contributed by atoms with Crippen LogP contribution >= 0.6 is 0 Å². The van der Waals surface area contributed by atoms with Crippen LogP contribution in [0.2, 0.25) is 0 Å². The van der Waals surface area contributed by atoms with Gasteiger partial charge in [-0.1, -0.05) is 6.07 Å². The molecule has 1 aromatic carbocycles. The number of hydrogen-bond donors (Lipinski definition) is 1. The van der Waals surface area contributed by atoms with Crippen LogP contribution in [0.4, 0.5) is 14.7 Å². The lowest BCUT2D eigenvalue weighted by Gasteiger charge is -2.10. The highest BCUT2D eigenvalue weighted by atomic mass is 19.1.